The molecule has 0 aliphatic carbocycles. The summed E-state index contributed by atoms with van der Waals surface area (Å²) >= 11 is 0. The van der Waals surface area contributed by atoms with Crippen LogP contribution in [0.5, 0.6) is 0 Å². The monoisotopic (exact) mass is 215 g/mol. The summed E-state index contributed by atoms with van der Waals surface area (Å²) in [6.45, 7) is 0.855. The largest absolute Gasteiger partial charge is 0.342 e. The summed E-state index contributed by atoms with van der Waals surface area (Å²) in [4.78, 5) is 27.0. The highest BCUT2D eigenvalue weighted by Gasteiger charge is 2.26. The molecule has 0 bridgehead atoms. The summed E-state index contributed by atoms with van der Waals surface area (Å²) in [5.74, 6) is -0.400. The normalized spacial score (nSPS) is 20.1. The minimum absolute atomic E-state index is 0.113. The van der Waals surface area contributed by atoms with Crippen molar-refractivity contribution in [2.75, 3.05) is 13.2 Å². The van der Waals surface area contributed by atoms with Crippen molar-refractivity contribution in [3.05, 3.63) is 0 Å². The number of hydroxylamine groups is 1. The molecule has 2 amide bonds. The second-order valence-corrected chi connectivity index (χ2v) is 3.50. The quantitative estimate of drug-likeness (QED) is 0.498. The minimum Gasteiger partial charge on any atom is -0.342 e. The molecule has 1 fully saturated rings. The third-order valence-corrected chi connectivity index (χ3v) is 2.18. The zero-order valence-corrected chi connectivity index (χ0v) is 8.62. The van der Waals surface area contributed by atoms with E-state index in [1.165, 1.54) is 0 Å². The first-order valence-corrected chi connectivity index (χ1v) is 5.15. The molecule has 6 nitrogen and oxygen atoms in total. The maximum absolute atomic E-state index is 11.3. The lowest BCUT2D eigenvalue weighted by Crippen LogP contribution is -2.41. The van der Waals surface area contributed by atoms with E-state index in [0.717, 1.165) is 19.3 Å². The average Bonchev–Trinajstić information content (AvgIpc) is 2.59. The Balaban J connectivity index is 2.10. The number of nitrogens with one attached hydrogen (secondary N) is 2. The molecule has 15 heavy (non-hydrogen) atoms. The predicted octanol–water partition coefficient (Wildman–Crippen LogP) is -0.948. The van der Waals surface area contributed by atoms with Gasteiger partial charge in [0.15, 0.2) is 0 Å². The van der Waals surface area contributed by atoms with E-state index < -0.39 is 6.04 Å². The molecule has 0 unspecified atom stereocenters. The molecule has 0 saturated carbocycles. The first kappa shape index (κ1) is 11.9. The number of nitrogens with two attached hydrogens (primary N) is 1. The zero-order chi connectivity index (χ0) is 11.1. The Morgan fingerprint density at radius 1 is 1.53 bits per heavy atom. The van der Waals surface area contributed by atoms with Crippen molar-refractivity contribution in [3.8, 4) is 0 Å². The fourth-order valence-electron chi connectivity index (χ4n) is 1.32. The van der Waals surface area contributed by atoms with Gasteiger partial charge in [-0.3, -0.25) is 14.4 Å². The number of carbonyl (C=O) groups is 2. The van der Waals surface area contributed by atoms with Crippen LogP contribution in [0.3, 0.4) is 0 Å². The first-order valence-electron chi connectivity index (χ1n) is 5.15. The van der Waals surface area contributed by atoms with E-state index in [4.69, 9.17) is 5.73 Å². The fourth-order valence-corrected chi connectivity index (χ4v) is 1.32. The van der Waals surface area contributed by atoms with E-state index in [2.05, 4.69) is 15.6 Å². The third kappa shape index (κ3) is 4.26. The maximum Gasteiger partial charge on any atom is 0.268 e. The zero-order valence-electron chi connectivity index (χ0n) is 8.62. The number of amides is 2. The van der Waals surface area contributed by atoms with E-state index in [1.54, 1.807) is 0 Å². The van der Waals surface area contributed by atoms with E-state index in [9.17, 15) is 9.59 Å². The van der Waals surface area contributed by atoms with Gasteiger partial charge in [0, 0.05) is 6.42 Å². The molecule has 1 aliphatic rings. The maximum atomic E-state index is 11.3. The lowest BCUT2D eigenvalue weighted by Gasteiger charge is -2.07. The van der Waals surface area contributed by atoms with Crippen LogP contribution in [0, 0.1) is 0 Å². The number of rotatable bonds is 6. The van der Waals surface area contributed by atoms with E-state index in [-0.39, 0.29) is 18.4 Å². The van der Waals surface area contributed by atoms with Crippen LogP contribution >= 0.6 is 0 Å². The summed E-state index contributed by atoms with van der Waals surface area (Å²) in [7, 11) is 0. The van der Waals surface area contributed by atoms with Gasteiger partial charge in [0.05, 0.1) is 0 Å². The van der Waals surface area contributed by atoms with E-state index >= 15 is 0 Å². The first-order chi connectivity index (χ1) is 7.24. The summed E-state index contributed by atoms with van der Waals surface area (Å²) in [5, 5.41) is 2.60. The van der Waals surface area contributed by atoms with Gasteiger partial charge in [-0.25, -0.2) is 5.48 Å². The standard InChI is InChI=1S/C9H17N3O3/c10-5-3-1-2-4-8(13)11-7-6-15-12-9(7)14/h7H,1-6,10H2,(H,11,13)(H,12,14)/t7-/m1/s1. The lowest BCUT2D eigenvalue weighted by atomic mass is 10.2. The molecule has 0 aromatic rings. The van der Waals surface area contributed by atoms with Crippen LogP contribution in [0.1, 0.15) is 25.7 Å². The van der Waals surface area contributed by atoms with Gasteiger partial charge in [-0.2, -0.15) is 0 Å². The number of carbonyl (C=O) groups excluding carboxylic acids is 2. The Labute approximate surface area is 88.5 Å². The molecule has 1 atom stereocenters. The molecule has 1 rings (SSSR count). The molecule has 1 aliphatic heterocycles. The fraction of sp³-hybridized carbons (Fsp3) is 0.778. The van der Waals surface area contributed by atoms with Crippen LogP contribution in [0.4, 0.5) is 0 Å². The van der Waals surface area contributed by atoms with Crippen LogP contribution in [0.25, 0.3) is 0 Å². The van der Waals surface area contributed by atoms with Crippen molar-refractivity contribution in [2.24, 2.45) is 5.73 Å². The van der Waals surface area contributed by atoms with Gasteiger partial charge in [0.1, 0.15) is 12.6 Å². The van der Waals surface area contributed by atoms with Crippen molar-refractivity contribution in [1.82, 2.24) is 10.8 Å². The Morgan fingerprint density at radius 3 is 2.93 bits per heavy atom. The Kier molecular flexibility index (Phi) is 5.06. The van der Waals surface area contributed by atoms with E-state index in [0.29, 0.717) is 13.0 Å². The minimum atomic E-state index is -0.535. The summed E-state index contributed by atoms with van der Waals surface area (Å²) in [5.41, 5.74) is 7.51. The smallest absolute Gasteiger partial charge is 0.268 e. The molecule has 1 heterocycles. The van der Waals surface area contributed by atoms with Gasteiger partial charge in [0.2, 0.25) is 5.91 Å². The van der Waals surface area contributed by atoms with Crippen molar-refractivity contribution in [3.63, 3.8) is 0 Å². The van der Waals surface area contributed by atoms with Crippen LogP contribution in [-0.4, -0.2) is 31.0 Å². The van der Waals surface area contributed by atoms with Crippen LogP contribution < -0.4 is 16.5 Å². The number of hydrogen-bond acceptors (Lipinski definition) is 4. The lowest BCUT2D eigenvalue weighted by molar-refractivity contribution is -0.128. The van der Waals surface area contributed by atoms with Crippen molar-refractivity contribution >= 4 is 11.8 Å². The van der Waals surface area contributed by atoms with Gasteiger partial charge in [-0.05, 0) is 19.4 Å². The highest BCUT2D eigenvalue weighted by atomic mass is 16.7. The topological polar surface area (TPSA) is 93.5 Å². The molecule has 0 aromatic heterocycles. The van der Waals surface area contributed by atoms with Crippen LogP contribution in [-0.2, 0) is 14.4 Å². The number of hydrogen-bond donors (Lipinski definition) is 3. The SMILES string of the molecule is NCCCCCC(=O)N[C@@H]1CONC1=O. The summed E-state index contributed by atoms with van der Waals surface area (Å²) in [6.07, 6.45) is 3.11. The summed E-state index contributed by atoms with van der Waals surface area (Å²) < 4.78 is 0. The van der Waals surface area contributed by atoms with Crippen molar-refractivity contribution in [1.29, 1.82) is 0 Å². The van der Waals surface area contributed by atoms with Crippen molar-refractivity contribution in [2.45, 2.75) is 31.7 Å². The highest BCUT2D eigenvalue weighted by molar-refractivity contribution is 5.88. The van der Waals surface area contributed by atoms with Crippen molar-refractivity contribution < 1.29 is 14.4 Å². The van der Waals surface area contributed by atoms with Gasteiger partial charge in [-0.15, -0.1) is 0 Å². The molecule has 0 spiro atoms. The Hall–Kier alpha value is -1.14. The number of unbranched alkanes of at least 4 members (excludes halogenated alkanes) is 2. The van der Waals surface area contributed by atoms with Gasteiger partial charge < -0.3 is 11.1 Å². The molecule has 0 radical (unpaired) electrons. The molecular weight excluding hydrogens is 198 g/mol. The average molecular weight is 215 g/mol. The Bertz CT molecular complexity index is 233. The second kappa shape index (κ2) is 6.36. The third-order valence-electron chi connectivity index (χ3n) is 2.18. The Morgan fingerprint density at radius 2 is 2.33 bits per heavy atom. The predicted molar refractivity (Wildman–Crippen MR) is 53.5 cm³/mol. The van der Waals surface area contributed by atoms with Crippen LogP contribution in [0.15, 0.2) is 0 Å². The molecule has 0 aromatic carbocycles. The van der Waals surface area contributed by atoms with Gasteiger partial charge in [0.25, 0.3) is 5.91 Å². The van der Waals surface area contributed by atoms with Gasteiger partial charge >= 0.3 is 0 Å². The highest BCUT2D eigenvalue weighted by Crippen LogP contribution is 2.00. The summed E-state index contributed by atoms with van der Waals surface area (Å²) in [6, 6.07) is -0.535. The van der Waals surface area contributed by atoms with E-state index in [1.807, 2.05) is 0 Å². The molecular formula is C9H17N3O3. The molecule has 1 saturated heterocycles. The molecule has 4 N–H and O–H groups in total. The second-order valence-electron chi connectivity index (χ2n) is 3.50. The molecule has 6 heteroatoms. The molecule has 86 valence electrons. The van der Waals surface area contributed by atoms with Crippen LogP contribution in [0.2, 0.25) is 0 Å². The van der Waals surface area contributed by atoms with Gasteiger partial charge in [-0.1, -0.05) is 6.42 Å².